The molecule has 0 spiro atoms. The van der Waals surface area contributed by atoms with Gasteiger partial charge in [-0.1, -0.05) is 6.92 Å². The lowest BCUT2D eigenvalue weighted by Crippen LogP contribution is -2.47. The summed E-state index contributed by atoms with van der Waals surface area (Å²) in [6.45, 7) is 6.42. The van der Waals surface area contributed by atoms with Crippen LogP contribution in [0.25, 0.3) is 0 Å². The van der Waals surface area contributed by atoms with Gasteiger partial charge in [-0.15, -0.1) is 0 Å². The van der Waals surface area contributed by atoms with E-state index in [2.05, 4.69) is 0 Å². The third kappa shape index (κ3) is 4.55. The molecule has 0 radical (unpaired) electrons. The summed E-state index contributed by atoms with van der Waals surface area (Å²) in [7, 11) is 0. The summed E-state index contributed by atoms with van der Waals surface area (Å²) in [5.41, 5.74) is 0. The molecule has 1 fully saturated rings. The Morgan fingerprint density at radius 3 is 2.39 bits per heavy atom. The molecule has 0 unspecified atom stereocenters. The molecule has 0 bridgehead atoms. The third-order valence-corrected chi connectivity index (χ3v) is 3.02. The highest BCUT2D eigenvalue weighted by molar-refractivity contribution is 5.81. The van der Waals surface area contributed by atoms with Gasteiger partial charge in [0.15, 0.2) is 0 Å². The zero-order valence-corrected chi connectivity index (χ0v) is 11.5. The number of likely N-dealkylation sites (tertiary alicyclic amines) is 1. The molecule has 0 aromatic rings. The van der Waals surface area contributed by atoms with Crippen LogP contribution in [0.5, 0.6) is 0 Å². The van der Waals surface area contributed by atoms with Gasteiger partial charge in [-0.2, -0.15) is 0 Å². The zero-order chi connectivity index (χ0) is 13.4. The fourth-order valence-electron chi connectivity index (χ4n) is 2.16. The van der Waals surface area contributed by atoms with Crippen molar-refractivity contribution < 1.29 is 14.3 Å². The molecular formula is C13H24N2O3. The Hall–Kier alpha value is -1.26. The van der Waals surface area contributed by atoms with Gasteiger partial charge in [0.25, 0.3) is 0 Å². The van der Waals surface area contributed by atoms with Crippen LogP contribution in [0.15, 0.2) is 0 Å². The van der Waals surface area contributed by atoms with Crippen molar-refractivity contribution in [1.29, 1.82) is 0 Å². The van der Waals surface area contributed by atoms with Gasteiger partial charge in [-0.3, -0.25) is 4.79 Å². The van der Waals surface area contributed by atoms with E-state index >= 15 is 0 Å². The molecule has 5 nitrogen and oxygen atoms in total. The average molecular weight is 256 g/mol. The van der Waals surface area contributed by atoms with Crippen molar-refractivity contribution in [3.05, 3.63) is 0 Å². The minimum atomic E-state index is -0.323. The number of esters is 1. The van der Waals surface area contributed by atoms with Crippen LogP contribution in [0.1, 0.15) is 39.5 Å². The summed E-state index contributed by atoms with van der Waals surface area (Å²) in [5, 5.41) is 0. The van der Waals surface area contributed by atoms with E-state index in [9.17, 15) is 9.59 Å². The molecule has 0 atom stereocenters. The monoisotopic (exact) mass is 256 g/mol. The maximum absolute atomic E-state index is 12.3. The first-order valence-corrected chi connectivity index (χ1v) is 6.88. The van der Waals surface area contributed by atoms with Crippen molar-refractivity contribution >= 4 is 12.0 Å². The molecule has 1 saturated heterocycles. The molecule has 0 aromatic heterocycles. The van der Waals surface area contributed by atoms with Crippen LogP contribution in [0.2, 0.25) is 0 Å². The van der Waals surface area contributed by atoms with Gasteiger partial charge in [0, 0.05) is 19.6 Å². The highest BCUT2D eigenvalue weighted by Gasteiger charge is 2.23. The Kier molecular flexibility index (Phi) is 6.54. The van der Waals surface area contributed by atoms with E-state index in [-0.39, 0.29) is 18.5 Å². The van der Waals surface area contributed by atoms with E-state index in [4.69, 9.17) is 4.74 Å². The molecular weight excluding hydrogens is 232 g/mol. The second kappa shape index (κ2) is 7.95. The van der Waals surface area contributed by atoms with Gasteiger partial charge in [0.05, 0.1) is 6.61 Å². The first-order chi connectivity index (χ1) is 8.69. The molecule has 1 aliphatic rings. The van der Waals surface area contributed by atoms with Crippen LogP contribution >= 0.6 is 0 Å². The number of ether oxygens (including phenoxy) is 1. The summed E-state index contributed by atoms with van der Waals surface area (Å²) in [6.07, 6.45) is 4.16. The van der Waals surface area contributed by atoms with E-state index in [1.807, 2.05) is 11.8 Å². The normalized spacial score (nSPS) is 15.3. The summed E-state index contributed by atoms with van der Waals surface area (Å²) in [4.78, 5) is 27.2. The van der Waals surface area contributed by atoms with Gasteiger partial charge in [0.2, 0.25) is 0 Å². The Morgan fingerprint density at radius 2 is 1.83 bits per heavy atom. The zero-order valence-electron chi connectivity index (χ0n) is 11.5. The standard InChI is InChI=1S/C13H24N2O3/c1-3-8-15(11-12(16)18-4-2)13(17)14-9-6-5-7-10-14/h3-11H2,1-2H3. The number of hydrogen-bond acceptors (Lipinski definition) is 3. The van der Waals surface area contributed by atoms with Crippen LogP contribution in [-0.2, 0) is 9.53 Å². The second-order valence-corrected chi connectivity index (χ2v) is 4.56. The van der Waals surface area contributed by atoms with Crippen LogP contribution in [0.3, 0.4) is 0 Å². The highest BCUT2D eigenvalue weighted by Crippen LogP contribution is 2.11. The minimum absolute atomic E-state index is 0.0235. The SMILES string of the molecule is CCCN(CC(=O)OCC)C(=O)N1CCCCC1. The smallest absolute Gasteiger partial charge is 0.325 e. The van der Waals surface area contributed by atoms with E-state index in [0.29, 0.717) is 13.2 Å². The predicted octanol–water partition coefficient (Wildman–Crippen LogP) is 1.87. The van der Waals surface area contributed by atoms with Crippen LogP contribution in [0.4, 0.5) is 4.79 Å². The van der Waals surface area contributed by atoms with Crippen molar-refractivity contribution in [3.8, 4) is 0 Å². The summed E-state index contributed by atoms with van der Waals surface area (Å²) in [6, 6.07) is -0.0235. The number of hydrogen-bond donors (Lipinski definition) is 0. The van der Waals surface area contributed by atoms with E-state index in [0.717, 1.165) is 32.4 Å². The topological polar surface area (TPSA) is 49.9 Å². The average Bonchev–Trinajstić information content (AvgIpc) is 2.39. The van der Waals surface area contributed by atoms with Gasteiger partial charge in [0.1, 0.15) is 6.54 Å². The Morgan fingerprint density at radius 1 is 1.17 bits per heavy atom. The van der Waals surface area contributed by atoms with E-state index < -0.39 is 0 Å². The molecule has 0 N–H and O–H groups in total. The van der Waals surface area contributed by atoms with Crippen molar-refractivity contribution in [2.75, 3.05) is 32.8 Å². The molecule has 0 saturated carbocycles. The number of urea groups is 1. The Labute approximate surface area is 109 Å². The van der Waals surface area contributed by atoms with E-state index in [1.54, 1.807) is 11.8 Å². The summed E-state index contributed by atoms with van der Waals surface area (Å²) >= 11 is 0. The van der Waals surface area contributed by atoms with Gasteiger partial charge >= 0.3 is 12.0 Å². The van der Waals surface area contributed by atoms with Crippen molar-refractivity contribution in [2.45, 2.75) is 39.5 Å². The maximum Gasteiger partial charge on any atom is 0.325 e. The maximum atomic E-state index is 12.3. The number of carbonyl (C=O) groups excluding carboxylic acids is 2. The molecule has 0 aromatic carbocycles. The number of carbonyl (C=O) groups is 2. The fourth-order valence-corrected chi connectivity index (χ4v) is 2.16. The van der Waals surface area contributed by atoms with Crippen LogP contribution < -0.4 is 0 Å². The largest absolute Gasteiger partial charge is 0.465 e. The first-order valence-electron chi connectivity index (χ1n) is 6.88. The second-order valence-electron chi connectivity index (χ2n) is 4.56. The van der Waals surface area contributed by atoms with Crippen LogP contribution in [0, 0.1) is 0 Å². The molecule has 104 valence electrons. The molecule has 1 aliphatic heterocycles. The Balaban J connectivity index is 2.53. The molecule has 2 amide bonds. The first kappa shape index (κ1) is 14.8. The number of piperidine rings is 1. The van der Waals surface area contributed by atoms with Crippen molar-refractivity contribution in [1.82, 2.24) is 9.80 Å². The molecule has 1 rings (SSSR count). The lowest BCUT2D eigenvalue weighted by atomic mass is 10.1. The van der Waals surface area contributed by atoms with Gasteiger partial charge in [-0.25, -0.2) is 4.79 Å². The van der Waals surface area contributed by atoms with Crippen molar-refractivity contribution in [2.24, 2.45) is 0 Å². The number of amides is 2. The van der Waals surface area contributed by atoms with Gasteiger partial charge in [-0.05, 0) is 32.6 Å². The summed E-state index contributed by atoms with van der Waals surface area (Å²) in [5.74, 6) is -0.323. The van der Waals surface area contributed by atoms with Crippen molar-refractivity contribution in [3.63, 3.8) is 0 Å². The number of nitrogens with zero attached hydrogens (tertiary/aromatic N) is 2. The lowest BCUT2D eigenvalue weighted by Gasteiger charge is -2.32. The third-order valence-electron chi connectivity index (χ3n) is 3.02. The summed E-state index contributed by atoms with van der Waals surface area (Å²) < 4.78 is 4.90. The van der Waals surface area contributed by atoms with Gasteiger partial charge < -0.3 is 14.5 Å². The predicted molar refractivity (Wildman–Crippen MR) is 69.3 cm³/mol. The molecule has 0 aliphatic carbocycles. The quantitative estimate of drug-likeness (QED) is 0.706. The lowest BCUT2D eigenvalue weighted by molar-refractivity contribution is -0.143. The molecule has 18 heavy (non-hydrogen) atoms. The fraction of sp³-hybridized carbons (Fsp3) is 0.846. The van der Waals surface area contributed by atoms with Crippen LogP contribution in [-0.4, -0.2) is 54.6 Å². The van der Waals surface area contributed by atoms with E-state index in [1.165, 1.54) is 6.42 Å². The Bertz CT molecular complexity index is 275. The number of rotatable bonds is 5. The molecule has 1 heterocycles. The molecule has 5 heteroatoms. The minimum Gasteiger partial charge on any atom is -0.465 e. The highest BCUT2D eigenvalue weighted by atomic mass is 16.5.